The van der Waals surface area contributed by atoms with E-state index in [0.717, 1.165) is 11.3 Å². The van der Waals surface area contributed by atoms with Crippen LogP contribution in [0.1, 0.15) is 16.7 Å². The second-order valence-corrected chi connectivity index (χ2v) is 4.66. The summed E-state index contributed by atoms with van der Waals surface area (Å²) in [6.45, 7) is 3.92. The summed E-state index contributed by atoms with van der Waals surface area (Å²) in [5, 5.41) is 9.80. The molecule has 0 amide bonds. The molecule has 94 valence electrons. The zero-order valence-electron chi connectivity index (χ0n) is 10.4. The third kappa shape index (κ3) is 2.66. The topological polar surface area (TPSA) is 29.5 Å². The van der Waals surface area contributed by atoms with E-state index in [1.807, 2.05) is 32.0 Å². The van der Waals surface area contributed by atoms with Gasteiger partial charge in [-0.15, -0.1) is 0 Å². The van der Waals surface area contributed by atoms with E-state index in [0.29, 0.717) is 16.3 Å². The summed E-state index contributed by atoms with van der Waals surface area (Å²) in [4.78, 5) is 0. The van der Waals surface area contributed by atoms with Crippen LogP contribution >= 0.6 is 11.6 Å². The highest BCUT2D eigenvalue weighted by Crippen LogP contribution is 2.34. The Morgan fingerprint density at radius 1 is 1.17 bits per heavy atom. The maximum atomic E-state index is 9.30. The van der Waals surface area contributed by atoms with E-state index in [2.05, 4.69) is 0 Å². The van der Waals surface area contributed by atoms with Gasteiger partial charge in [-0.3, -0.25) is 0 Å². The Kier molecular flexibility index (Phi) is 3.90. The fourth-order valence-electron chi connectivity index (χ4n) is 1.82. The van der Waals surface area contributed by atoms with E-state index in [4.69, 9.17) is 16.3 Å². The van der Waals surface area contributed by atoms with Crippen molar-refractivity contribution >= 4 is 11.6 Å². The average molecular weight is 263 g/mol. The Balaban J connectivity index is 2.39. The van der Waals surface area contributed by atoms with Crippen LogP contribution in [0.2, 0.25) is 5.02 Å². The monoisotopic (exact) mass is 262 g/mol. The Morgan fingerprint density at radius 3 is 2.61 bits per heavy atom. The third-order valence-corrected chi connectivity index (χ3v) is 3.06. The van der Waals surface area contributed by atoms with E-state index in [-0.39, 0.29) is 6.61 Å². The quantitative estimate of drug-likeness (QED) is 0.896. The Hall–Kier alpha value is -1.51. The molecule has 0 unspecified atom stereocenters. The van der Waals surface area contributed by atoms with Gasteiger partial charge in [-0.2, -0.15) is 0 Å². The minimum absolute atomic E-state index is 0.0964. The fraction of sp³-hybridized carbons (Fsp3) is 0.200. The second kappa shape index (κ2) is 5.42. The lowest BCUT2D eigenvalue weighted by atomic mass is 10.1. The number of aliphatic hydroxyl groups excluding tert-OH is 1. The van der Waals surface area contributed by atoms with E-state index >= 15 is 0 Å². The number of aliphatic hydroxyl groups is 1. The molecule has 0 saturated carbocycles. The van der Waals surface area contributed by atoms with Gasteiger partial charge in [-0.05, 0) is 31.5 Å². The normalized spacial score (nSPS) is 10.4. The first-order valence-electron chi connectivity index (χ1n) is 5.75. The van der Waals surface area contributed by atoms with Crippen LogP contribution in [0.5, 0.6) is 11.5 Å². The van der Waals surface area contributed by atoms with Gasteiger partial charge in [0.25, 0.3) is 0 Å². The molecule has 2 aromatic rings. The minimum Gasteiger partial charge on any atom is -0.455 e. The van der Waals surface area contributed by atoms with Gasteiger partial charge < -0.3 is 9.84 Å². The van der Waals surface area contributed by atoms with Gasteiger partial charge in [0.15, 0.2) is 5.75 Å². The van der Waals surface area contributed by atoms with Gasteiger partial charge in [-0.25, -0.2) is 0 Å². The van der Waals surface area contributed by atoms with Crippen molar-refractivity contribution in [1.29, 1.82) is 0 Å². The largest absolute Gasteiger partial charge is 0.455 e. The average Bonchev–Trinajstić information content (AvgIpc) is 2.34. The SMILES string of the molecule is Cc1ccc(Oc2c(Cl)cccc2CO)c(C)c1. The van der Waals surface area contributed by atoms with Gasteiger partial charge in [0.1, 0.15) is 5.75 Å². The maximum absolute atomic E-state index is 9.30. The summed E-state index contributed by atoms with van der Waals surface area (Å²) < 4.78 is 5.82. The number of ether oxygens (including phenoxy) is 1. The second-order valence-electron chi connectivity index (χ2n) is 4.26. The highest BCUT2D eigenvalue weighted by atomic mass is 35.5. The van der Waals surface area contributed by atoms with E-state index < -0.39 is 0 Å². The number of hydrogen-bond acceptors (Lipinski definition) is 2. The molecule has 0 bridgehead atoms. The first-order valence-corrected chi connectivity index (χ1v) is 6.13. The molecule has 0 radical (unpaired) electrons. The summed E-state index contributed by atoms with van der Waals surface area (Å²) in [5.74, 6) is 1.28. The summed E-state index contributed by atoms with van der Waals surface area (Å²) in [6.07, 6.45) is 0. The number of para-hydroxylation sites is 1. The summed E-state index contributed by atoms with van der Waals surface area (Å²) >= 11 is 6.11. The van der Waals surface area contributed by atoms with E-state index in [1.54, 1.807) is 18.2 Å². The molecule has 0 atom stereocenters. The number of benzene rings is 2. The summed E-state index contributed by atoms with van der Waals surface area (Å²) in [7, 11) is 0. The molecule has 18 heavy (non-hydrogen) atoms. The molecule has 0 heterocycles. The molecule has 3 heteroatoms. The van der Waals surface area contributed by atoms with Crippen LogP contribution in [-0.4, -0.2) is 5.11 Å². The lowest BCUT2D eigenvalue weighted by Gasteiger charge is -2.13. The third-order valence-electron chi connectivity index (χ3n) is 2.76. The highest BCUT2D eigenvalue weighted by molar-refractivity contribution is 6.32. The smallest absolute Gasteiger partial charge is 0.151 e. The molecule has 0 aromatic heterocycles. The molecule has 0 aliphatic rings. The lowest BCUT2D eigenvalue weighted by molar-refractivity contribution is 0.276. The molecule has 2 aromatic carbocycles. The molecule has 0 aliphatic heterocycles. The standard InChI is InChI=1S/C15H15ClO2/c1-10-6-7-14(11(2)8-10)18-15-12(9-17)4-3-5-13(15)16/h3-8,17H,9H2,1-2H3. The Bertz CT molecular complexity index is 564. The molecule has 0 saturated heterocycles. The van der Waals surface area contributed by atoms with Crippen LogP contribution < -0.4 is 4.74 Å². The molecule has 0 aliphatic carbocycles. The van der Waals surface area contributed by atoms with Crippen LogP contribution in [0, 0.1) is 13.8 Å². The van der Waals surface area contributed by atoms with E-state index in [1.165, 1.54) is 5.56 Å². The van der Waals surface area contributed by atoms with Crippen molar-refractivity contribution in [2.24, 2.45) is 0 Å². The van der Waals surface area contributed by atoms with Crippen LogP contribution in [-0.2, 0) is 6.61 Å². The molecule has 0 fully saturated rings. The molecule has 2 rings (SSSR count). The van der Waals surface area contributed by atoms with Crippen molar-refractivity contribution in [1.82, 2.24) is 0 Å². The number of hydrogen-bond donors (Lipinski definition) is 1. The molecular weight excluding hydrogens is 248 g/mol. The van der Waals surface area contributed by atoms with Crippen LogP contribution in [0.25, 0.3) is 0 Å². The minimum atomic E-state index is -0.0964. The summed E-state index contributed by atoms with van der Waals surface area (Å²) in [6, 6.07) is 11.3. The summed E-state index contributed by atoms with van der Waals surface area (Å²) in [5.41, 5.74) is 2.91. The Labute approximate surface area is 112 Å². The molecular formula is C15H15ClO2. The van der Waals surface area contributed by atoms with E-state index in [9.17, 15) is 5.11 Å². The van der Waals surface area contributed by atoms with Gasteiger partial charge in [0.2, 0.25) is 0 Å². The maximum Gasteiger partial charge on any atom is 0.151 e. The van der Waals surface area contributed by atoms with Gasteiger partial charge in [0.05, 0.1) is 11.6 Å². The van der Waals surface area contributed by atoms with Crippen molar-refractivity contribution in [2.75, 3.05) is 0 Å². The van der Waals surface area contributed by atoms with Crippen molar-refractivity contribution < 1.29 is 9.84 Å². The zero-order chi connectivity index (χ0) is 13.1. The first kappa shape index (κ1) is 12.9. The number of rotatable bonds is 3. The van der Waals surface area contributed by atoms with Crippen molar-refractivity contribution in [3.05, 3.63) is 58.1 Å². The Morgan fingerprint density at radius 2 is 1.94 bits per heavy atom. The van der Waals surface area contributed by atoms with Crippen molar-refractivity contribution in [3.63, 3.8) is 0 Å². The van der Waals surface area contributed by atoms with Crippen LogP contribution in [0.15, 0.2) is 36.4 Å². The zero-order valence-corrected chi connectivity index (χ0v) is 11.2. The van der Waals surface area contributed by atoms with Crippen molar-refractivity contribution in [3.8, 4) is 11.5 Å². The fourth-order valence-corrected chi connectivity index (χ4v) is 2.05. The van der Waals surface area contributed by atoms with Crippen LogP contribution in [0.4, 0.5) is 0 Å². The first-order chi connectivity index (χ1) is 8.61. The number of aryl methyl sites for hydroxylation is 2. The number of halogens is 1. The van der Waals surface area contributed by atoms with Gasteiger partial charge in [-0.1, -0.05) is 41.4 Å². The van der Waals surface area contributed by atoms with Gasteiger partial charge in [0, 0.05) is 5.56 Å². The van der Waals surface area contributed by atoms with Gasteiger partial charge >= 0.3 is 0 Å². The molecule has 2 nitrogen and oxygen atoms in total. The van der Waals surface area contributed by atoms with Crippen LogP contribution in [0.3, 0.4) is 0 Å². The molecule has 1 N–H and O–H groups in total. The van der Waals surface area contributed by atoms with Crippen molar-refractivity contribution in [2.45, 2.75) is 20.5 Å². The highest BCUT2D eigenvalue weighted by Gasteiger charge is 2.10. The molecule has 0 spiro atoms. The predicted octanol–water partition coefficient (Wildman–Crippen LogP) is 4.24. The lowest BCUT2D eigenvalue weighted by Crippen LogP contribution is -1.94. The predicted molar refractivity (Wildman–Crippen MR) is 73.4 cm³/mol.